The maximum atomic E-state index is 11.3. The largest absolute Gasteiger partial charge is 0.477 e. The van der Waals surface area contributed by atoms with E-state index < -0.39 is 5.97 Å². The third kappa shape index (κ3) is 10.8. The summed E-state index contributed by atoms with van der Waals surface area (Å²) in [4.78, 5) is 11.3. The number of quaternary nitrogens is 1. The molecule has 0 saturated heterocycles. The fraction of sp³-hybridized carbons (Fsp3) is 0.944. The monoisotopic (exact) mass is 300 g/mol. The highest BCUT2D eigenvalue weighted by Crippen LogP contribution is 2.16. The van der Waals surface area contributed by atoms with Crippen LogP contribution in [0.25, 0.3) is 0 Å². The van der Waals surface area contributed by atoms with Crippen molar-refractivity contribution in [3.63, 3.8) is 0 Å². The van der Waals surface area contributed by atoms with Crippen LogP contribution < -0.4 is 0 Å². The number of carboxylic acid groups (broad SMARTS) is 1. The van der Waals surface area contributed by atoms with Crippen LogP contribution in [0.2, 0.25) is 0 Å². The van der Waals surface area contributed by atoms with E-state index in [1.54, 1.807) is 0 Å². The number of aliphatic carboxylic acids is 1. The third-order valence-electron chi connectivity index (χ3n) is 4.43. The number of rotatable bonds is 15. The predicted molar refractivity (Wildman–Crippen MR) is 90.6 cm³/mol. The smallest absolute Gasteiger partial charge is 0.359 e. The molecular weight excluding hydrogens is 262 g/mol. The summed E-state index contributed by atoms with van der Waals surface area (Å²) in [6, 6.07) is 0. The lowest BCUT2D eigenvalue weighted by Gasteiger charge is -2.38. The van der Waals surface area contributed by atoms with Crippen LogP contribution in [-0.2, 0) is 4.79 Å². The van der Waals surface area contributed by atoms with Crippen molar-refractivity contribution in [1.29, 1.82) is 0 Å². The minimum atomic E-state index is -0.628. The molecule has 0 heterocycles. The average molecular weight is 301 g/mol. The molecule has 0 saturated carbocycles. The molecule has 0 spiro atoms. The molecule has 3 nitrogen and oxygen atoms in total. The second-order valence-electron chi connectivity index (χ2n) is 6.54. The van der Waals surface area contributed by atoms with Crippen LogP contribution in [-0.4, -0.2) is 41.7 Å². The van der Waals surface area contributed by atoms with E-state index >= 15 is 0 Å². The fourth-order valence-electron chi connectivity index (χ4n) is 3.10. The maximum Gasteiger partial charge on any atom is 0.359 e. The van der Waals surface area contributed by atoms with Crippen LogP contribution in [0.15, 0.2) is 0 Å². The quantitative estimate of drug-likeness (QED) is 0.347. The molecule has 21 heavy (non-hydrogen) atoms. The zero-order valence-corrected chi connectivity index (χ0v) is 14.7. The van der Waals surface area contributed by atoms with Gasteiger partial charge in [0.2, 0.25) is 0 Å². The van der Waals surface area contributed by atoms with Gasteiger partial charge < -0.3 is 9.59 Å². The number of carboxylic acids is 1. The van der Waals surface area contributed by atoms with Crippen LogP contribution in [0.4, 0.5) is 0 Å². The Balaban J connectivity index is 4.55. The molecule has 0 unspecified atom stereocenters. The van der Waals surface area contributed by atoms with Crippen molar-refractivity contribution >= 4 is 5.97 Å². The highest BCUT2D eigenvalue weighted by molar-refractivity contribution is 5.67. The summed E-state index contributed by atoms with van der Waals surface area (Å²) in [5.41, 5.74) is 0. The number of carbonyl (C=O) groups is 1. The van der Waals surface area contributed by atoms with Gasteiger partial charge >= 0.3 is 5.97 Å². The first-order valence-corrected chi connectivity index (χ1v) is 9.17. The molecule has 0 aliphatic heterocycles. The van der Waals surface area contributed by atoms with E-state index in [0.717, 1.165) is 37.0 Å². The van der Waals surface area contributed by atoms with Gasteiger partial charge in [-0.3, -0.25) is 0 Å². The molecule has 0 aromatic heterocycles. The van der Waals surface area contributed by atoms with Crippen molar-refractivity contribution in [2.24, 2.45) is 0 Å². The van der Waals surface area contributed by atoms with Crippen molar-refractivity contribution in [2.75, 3.05) is 26.2 Å². The van der Waals surface area contributed by atoms with E-state index in [1.807, 2.05) is 0 Å². The molecule has 0 rings (SSSR count). The van der Waals surface area contributed by atoms with Crippen molar-refractivity contribution in [3.05, 3.63) is 0 Å². The summed E-state index contributed by atoms with van der Waals surface area (Å²) in [5.74, 6) is -0.628. The summed E-state index contributed by atoms with van der Waals surface area (Å²) in [7, 11) is 0. The molecule has 0 bridgehead atoms. The van der Waals surface area contributed by atoms with E-state index in [0.29, 0.717) is 6.54 Å². The second kappa shape index (κ2) is 13.1. The molecule has 0 aliphatic rings. The van der Waals surface area contributed by atoms with Crippen LogP contribution in [0, 0.1) is 0 Å². The van der Waals surface area contributed by atoms with Gasteiger partial charge in [0.1, 0.15) is 0 Å². The molecule has 126 valence electrons. The highest BCUT2D eigenvalue weighted by Gasteiger charge is 2.28. The summed E-state index contributed by atoms with van der Waals surface area (Å²) in [5, 5.41) is 9.34. The first-order valence-electron chi connectivity index (χ1n) is 9.17. The molecule has 1 N–H and O–H groups in total. The Morgan fingerprint density at radius 1 is 0.714 bits per heavy atom. The van der Waals surface area contributed by atoms with Gasteiger partial charge in [0.05, 0.1) is 19.6 Å². The Kier molecular flexibility index (Phi) is 12.8. The van der Waals surface area contributed by atoms with E-state index in [1.165, 1.54) is 51.4 Å². The molecule has 3 heteroatoms. The Morgan fingerprint density at radius 3 is 1.52 bits per heavy atom. The first kappa shape index (κ1) is 20.4. The van der Waals surface area contributed by atoms with E-state index in [-0.39, 0.29) is 0 Å². The molecule has 0 atom stereocenters. The van der Waals surface area contributed by atoms with Crippen molar-refractivity contribution in [3.8, 4) is 0 Å². The van der Waals surface area contributed by atoms with Gasteiger partial charge in [-0.25, -0.2) is 4.79 Å². The summed E-state index contributed by atoms with van der Waals surface area (Å²) >= 11 is 0. The van der Waals surface area contributed by atoms with Gasteiger partial charge in [-0.15, -0.1) is 0 Å². The van der Waals surface area contributed by atoms with Gasteiger partial charge in [-0.2, -0.15) is 0 Å². The maximum absolute atomic E-state index is 11.3. The van der Waals surface area contributed by atoms with Crippen LogP contribution in [0.5, 0.6) is 0 Å². The van der Waals surface area contributed by atoms with Gasteiger partial charge in [-0.05, 0) is 32.1 Å². The third-order valence-corrected chi connectivity index (χ3v) is 4.43. The fourth-order valence-corrected chi connectivity index (χ4v) is 3.10. The van der Waals surface area contributed by atoms with E-state index in [4.69, 9.17) is 0 Å². The first-order chi connectivity index (χ1) is 10.1. The molecular formula is C18H38NO2+. The summed E-state index contributed by atoms with van der Waals surface area (Å²) in [6.07, 6.45) is 12.2. The minimum Gasteiger partial charge on any atom is -0.477 e. The Labute approximate surface area is 132 Å². The lowest BCUT2D eigenvalue weighted by molar-refractivity contribution is -0.922. The highest BCUT2D eigenvalue weighted by atomic mass is 16.4. The van der Waals surface area contributed by atoms with Gasteiger partial charge in [0, 0.05) is 0 Å². The molecule has 0 fully saturated rings. The lowest BCUT2D eigenvalue weighted by Crippen LogP contribution is -2.53. The normalized spacial score (nSPS) is 11.8. The molecule has 0 aromatic carbocycles. The topological polar surface area (TPSA) is 37.3 Å². The Bertz CT molecular complexity index is 242. The van der Waals surface area contributed by atoms with Crippen LogP contribution >= 0.6 is 0 Å². The number of unbranched alkanes of at least 4 members (excludes halogenated alkanes) is 7. The van der Waals surface area contributed by atoms with Gasteiger partial charge in [0.15, 0.2) is 6.54 Å². The Hall–Kier alpha value is -0.570. The number of hydrogen-bond donors (Lipinski definition) is 1. The zero-order chi connectivity index (χ0) is 16.0. The van der Waals surface area contributed by atoms with Gasteiger partial charge in [0.25, 0.3) is 0 Å². The SMILES string of the molecule is CCCCCC[N+](CCCC)(CCCCCC)CC(=O)O. The van der Waals surface area contributed by atoms with E-state index in [9.17, 15) is 9.90 Å². The molecule has 0 amide bonds. The van der Waals surface area contributed by atoms with Crippen molar-refractivity contribution in [2.45, 2.75) is 85.0 Å². The zero-order valence-electron chi connectivity index (χ0n) is 14.7. The molecule has 0 aromatic rings. The number of nitrogens with zero attached hydrogens (tertiary/aromatic N) is 1. The van der Waals surface area contributed by atoms with Crippen molar-refractivity contribution in [1.82, 2.24) is 0 Å². The lowest BCUT2D eigenvalue weighted by atomic mass is 10.1. The van der Waals surface area contributed by atoms with Crippen LogP contribution in [0.1, 0.15) is 85.0 Å². The standard InChI is InChI=1S/C18H37NO2/c1-4-7-10-12-15-19(14-9-6-3,17-18(20)21)16-13-11-8-5-2/h4-17H2,1-3H3/p+1. The van der Waals surface area contributed by atoms with E-state index in [2.05, 4.69) is 20.8 Å². The predicted octanol–water partition coefficient (Wildman–Crippen LogP) is 4.85. The van der Waals surface area contributed by atoms with Crippen LogP contribution in [0.3, 0.4) is 0 Å². The Morgan fingerprint density at radius 2 is 1.14 bits per heavy atom. The summed E-state index contributed by atoms with van der Waals surface area (Å²) in [6.45, 7) is 10.1. The molecule has 0 aliphatic carbocycles. The minimum absolute atomic E-state index is 0.318. The van der Waals surface area contributed by atoms with Gasteiger partial charge in [-0.1, -0.05) is 52.9 Å². The summed E-state index contributed by atoms with van der Waals surface area (Å²) < 4.78 is 0.816. The average Bonchev–Trinajstić information content (AvgIpc) is 2.45. The molecule has 0 radical (unpaired) electrons. The second-order valence-corrected chi connectivity index (χ2v) is 6.54. The van der Waals surface area contributed by atoms with Crippen molar-refractivity contribution < 1.29 is 14.4 Å². The number of hydrogen-bond acceptors (Lipinski definition) is 1.